The third-order valence-corrected chi connectivity index (χ3v) is 3.85. The number of aryl methyl sites for hydroxylation is 2. The second kappa shape index (κ2) is 4.98. The Labute approximate surface area is 109 Å². The van der Waals surface area contributed by atoms with Gasteiger partial charge in [0.15, 0.2) is 0 Å². The molecule has 1 aromatic heterocycles. The van der Waals surface area contributed by atoms with Gasteiger partial charge in [-0.15, -0.1) is 0 Å². The van der Waals surface area contributed by atoms with Gasteiger partial charge < -0.3 is 5.11 Å². The first-order valence-corrected chi connectivity index (χ1v) is 6.24. The number of aliphatic hydroxyl groups is 1. The molecule has 0 fully saturated rings. The zero-order valence-electron chi connectivity index (χ0n) is 9.81. The zero-order chi connectivity index (χ0) is 12.4. The van der Waals surface area contributed by atoms with Crippen LogP contribution in [-0.2, 0) is 0 Å². The topological polar surface area (TPSA) is 33.1 Å². The van der Waals surface area contributed by atoms with Gasteiger partial charge in [-0.25, -0.2) is 0 Å². The van der Waals surface area contributed by atoms with Crippen molar-refractivity contribution in [2.24, 2.45) is 0 Å². The lowest BCUT2D eigenvalue weighted by atomic mass is 10.0. The second-order valence-electron chi connectivity index (χ2n) is 4.11. The van der Waals surface area contributed by atoms with E-state index in [1.165, 1.54) is 0 Å². The number of benzene rings is 1. The highest BCUT2D eigenvalue weighted by Crippen LogP contribution is 2.30. The lowest BCUT2D eigenvalue weighted by Crippen LogP contribution is -2.02. The average molecular weight is 292 g/mol. The Balaban J connectivity index is 2.40. The van der Waals surface area contributed by atoms with E-state index in [-0.39, 0.29) is 0 Å². The van der Waals surface area contributed by atoms with E-state index in [4.69, 9.17) is 0 Å². The van der Waals surface area contributed by atoms with Crippen molar-refractivity contribution in [3.63, 3.8) is 0 Å². The molecule has 0 aliphatic carbocycles. The number of aliphatic hydroxyl groups excluding tert-OH is 1. The van der Waals surface area contributed by atoms with Gasteiger partial charge in [0.2, 0.25) is 0 Å². The number of pyridine rings is 1. The van der Waals surface area contributed by atoms with Crippen LogP contribution in [0.2, 0.25) is 0 Å². The molecule has 1 unspecified atom stereocenters. The monoisotopic (exact) mass is 291 g/mol. The minimum atomic E-state index is -0.641. The highest BCUT2D eigenvalue weighted by molar-refractivity contribution is 9.10. The largest absolute Gasteiger partial charge is 0.384 e. The third-order valence-electron chi connectivity index (χ3n) is 2.77. The molecule has 0 saturated carbocycles. The fraction of sp³-hybridized carbons (Fsp3) is 0.214. The van der Waals surface area contributed by atoms with Crippen molar-refractivity contribution in [3.8, 4) is 0 Å². The van der Waals surface area contributed by atoms with Crippen molar-refractivity contribution in [2.75, 3.05) is 0 Å². The molecule has 2 aromatic rings. The predicted octanol–water partition coefficient (Wildman–Crippen LogP) is 3.54. The molecule has 0 spiro atoms. The Bertz CT molecular complexity index is 522. The summed E-state index contributed by atoms with van der Waals surface area (Å²) in [4.78, 5) is 4.20. The summed E-state index contributed by atoms with van der Waals surface area (Å²) < 4.78 is 0.952. The summed E-state index contributed by atoms with van der Waals surface area (Å²) in [7, 11) is 0. The normalized spacial score (nSPS) is 12.5. The molecular formula is C14H14BrNO. The fourth-order valence-corrected chi connectivity index (χ4v) is 2.18. The van der Waals surface area contributed by atoms with E-state index in [0.29, 0.717) is 0 Å². The summed E-state index contributed by atoms with van der Waals surface area (Å²) in [6.07, 6.45) is 1.08. The maximum absolute atomic E-state index is 10.3. The van der Waals surface area contributed by atoms with Crippen LogP contribution >= 0.6 is 15.9 Å². The van der Waals surface area contributed by atoms with E-state index in [0.717, 1.165) is 26.9 Å². The lowest BCUT2D eigenvalue weighted by molar-refractivity contribution is 0.219. The molecule has 0 aliphatic rings. The van der Waals surface area contributed by atoms with Crippen LogP contribution in [0.5, 0.6) is 0 Å². The minimum Gasteiger partial charge on any atom is -0.384 e. The van der Waals surface area contributed by atoms with Gasteiger partial charge in [0.05, 0.1) is 0 Å². The number of aromatic nitrogens is 1. The summed E-state index contributed by atoms with van der Waals surface area (Å²) in [5, 5.41) is 10.3. The Morgan fingerprint density at radius 3 is 2.59 bits per heavy atom. The number of halogens is 1. The second-order valence-corrected chi connectivity index (χ2v) is 4.91. The molecule has 17 heavy (non-hydrogen) atoms. The van der Waals surface area contributed by atoms with Crippen molar-refractivity contribution in [1.82, 2.24) is 4.98 Å². The predicted molar refractivity (Wildman–Crippen MR) is 71.9 cm³/mol. The SMILES string of the molecule is Cc1ccc(C(O)c2cccc(C)c2Br)cn1. The smallest absolute Gasteiger partial charge is 0.107 e. The molecule has 1 aromatic carbocycles. The van der Waals surface area contributed by atoms with Gasteiger partial charge in [0, 0.05) is 21.9 Å². The first-order chi connectivity index (χ1) is 8.09. The minimum absolute atomic E-state index is 0.641. The molecule has 2 rings (SSSR count). The first kappa shape index (κ1) is 12.3. The van der Waals surface area contributed by atoms with Gasteiger partial charge >= 0.3 is 0 Å². The Kier molecular flexibility index (Phi) is 3.60. The molecule has 0 aliphatic heterocycles. The van der Waals surface area contributed by atoms with Crippen LogP contribution in [0.3, 0.4) is 0 Å². The molecule has 1 atom stereocenters. The van der Waals surface area contributed by atoms with Crippen LogP contribution in [0.25, 0.3) is 0 Å². The van der Waals surface area contributed by atoms with Crippen molar-refractivity contribution in [2.45, 2.75) is 20.0 Å². The highest BCUT2D eigenvalue weighted by Gasteiger charge is 2.14. The lowest BCUT2D eigenvalue weighted by Gasteiger charge is -2.14. The van der Waals surface area contributed by atoms with E-state index in [1.807, 2.05) is 44.2 Å². The van der Waals surface area contributed by atoms with Crippen LogP contribution in [0.1, 0.15) is 28.5 Å². The maximum Gasteiger partial charge on any atom is 0.107 e. The van der Waals surface area contributed by atoms with Crippen molar-refractivity contribution < 1.29 is 5.11 Å². The van der Waals surface area contributed by atoms with Gasteiger partial charge in [0.1, 0.15) is 6.10 Å². The summed E-state index contributed by atoms with van der Waals surface area (Å²) in [5.74, 6) is 0. The summed E-state index contributed by atoms with van der Waals surface area (Å²) in [6, 6.07) is 9.68. The molecule has 1 heterocycles. The Hall–Kier alpha value is -1.19. The van der Waals surface area contributed by atoms with E-state index in [2.05, 4.69) is 20.9 Å². The van der Waals surface area contributed by atoms with Crippen molar-refractivity contribution >= 4 is 15.9 Å². The molecular weight excluding hydrogens is 278 g/mol. The first-order valence-electron chi connectivity index (χ1n) is 5.45. The van der Waals surface area contributed by atoms with Crippen LogP contribution in [-0.4, -0.2) is 10.1 Å². The summed E-state index contributed by atoms with van der Waals surface area (Å²) in [5.41, 5.74) is 3.74. The van der Waals surface area contributed by atoms with Gasteiger partial charge in [0.25, 0.3) is 0 Å². The van der Waals surface area contributed by atoms with Gasteiger partial charge in [-0.2, -0.15) is 0 Å². The van der Waals surface area contributed by atoms with E-state index < -0.39 is 6.10 Å². The number of hydrogen-bond donors (Lipinski definition) is 1. The van der Waals surface area contributed by atoms with Crippen LogP contribution in [0.15, 0.2) is 41.0 Å². The van der Waals surface area contributed by atoms with Gasteiger partial charge in [-0.3, -0.25) is 4.98 Å². The van der Waals surface area contributed by atoms with Gasteiger partial charge in [-0.1, -0.05) is 40.2 Å². The van der Waals surface area contributed by atoms with E-state index in [9.17, 15) is 5.11 Å². The van der Waals surface area contributed by atoms with Gasteiger partial charge in [-0.05, 0) is 31.0 Å². The van der Waals surface area contributed by atoms with Crippen molar-refractivity contribution in [3.05, 3.63) is 63.4 Å². The Morgan fingerprint density at radius 2 is 1.94 bits per heavy atom. The molecule has 3 heteroatoms. The molecule has 88 valence electrons. The highest BCUT2D eigenvalue weighted by atomic mass is 79.9. The number of hydrogen-bond acceptors (Lipinski definition) is 2. The molecule has 0 amide bonds. The third kappa shape index (κ3) is 2.56. The number of rotatable bonds is 2. The van der Waals surface area contributed by atoms with Crippen LogP contribution in [0.4, 0.5) is 0 Å². The molecule has 2 nitrogen and oxygen atoms in total. The fourth-order valence-electron chi connectivity index (χ4n) is 1.70. The average Bonchev–Trinajstić information content (AvgIpc) is 2.33. The van der Waals surface area contributed by atoms with E-state index in [1.54, 1.807) is 6.20 Å². The molecule has 0 saturated heterocycles. The standard InChI is InChI=1S/C14H14BrNO/c1-9-4-3-5-12(13(9)15)14(17)11-7-6-10(2)16-8-11/h3-8,14,17H,1-2H3. The van der Waals surface area contributed by atoms with E-state index >= 15 is 0 Å². The number of nitrogens with zero attached hydrogens (tertiary/aromatic N) is 1. The summed E-state index contributed by atoms with van der Waals surface area (Å²) in [6.45, 7) is 3.94. The van der Waals surface area contributed by atoms with Crippen molar-refractivity contribution in [1.29, 1.82) is 0 Å². The maximum atomic E-state index is 10.3. The zero-order valence-corrected chi connectivity index (χ0v) is 11.4. The van der Waals surface area contributed by atoms with Crippen LogP contribution in [0, 0.1) is 13.8 Å². The quantitative estimate of drug-likeness (QED) is 0.918. The molecule has 1 N–H and O–H groups in total. The molecule has 0 radical (unpaired) electrons. The molecule has 0 bridgehead atoms. The summed E-state index contributed by atoms with van der Waals surface area (Å²) >= 11 is 3.51. The Morgan fingerprint density at radius 1 is 1.18 bits per heavy atom. The van der Waals surface area contributed by atoms with Crippen LogP contribution < -0.4 is 0 Å².